The molecular weight excluding hydrogens is 448 g/mol. The van der Waals surface area contributed by atoms with Crippen LogP contribution in [-0.2, 0) is 23.6 Å². The molecule has 4 rings (SSSR count). The molecule has 3 heterocycles. The zero-order valence-corrected chi connectivity index (χ0v) is 20.4. The summed E-state index contributed by atoms with van der Waals surface area (Å²) in [5.74, 6) is 1.58. The van der Waals surface area contributed by atoms with Gasteiger partial charge in [-0.15, -0.1) is 0 Å². The number of nitrogens with zero attached hydrogens (tertiary/aromatic N) is 5. The molecule has 0 atom stereocenters. The number of hydrogen-bond donors (Lipinski definition) is 1. The standard InChI is InChI=1S/C25H30N6O2S/c1-30-11-13-31(14-12-30)23-15-22(17-33-2)28-25(29-23)34-18-20-3-5-21(6-4-20)24(32)27-16-19-7-9-26-10-8-19/h3-10,15H,11-14,16-18H2,1-2H3,(H,27,32). The van der Waals surface area contributed by atoms with Gasteiger partial charge in [0.25, 0.3) is 5.91 Å². The Balaban J connectivity index is 1.36. The number of hydrogen-bond acceptors (Lipinski definition) is 8. The fourth-order valence-corrected chi connectivity index (χ4v) is 4.46. The smallest absolute Gasteiger partial charge is 0.251 e. The first-order valence-electron chi connectivity index (χ1n) is 11.3. The fourth-order valence-electron chi connectivity index (χ4n) is 3.63. The average Bonchev–Trinajstić information content (AvgIpc) is 2.87. The Labute approximate surface area is 204 Å². The number of ether oxygens (including phenoxy) is 1. The predicted octanol–water partition coefficient (Wildman–Crippen LogP) is 2.99. The monoisotopic (exact) mass is 478 g/mol. The number of methoxy groups -OCH3 is 1. The molecular formula is C25H30N6O2S. The van der Waals surface area contributed by atoms with Crippen LogP contribution < -0.4 is 10.2 Å². The van der Waals surface area contributed by atoms with Gasteiger partial charge in [-0.25, -0.2) is 9.97 Å². The quantitative estimate of drug-likeness (QED) is 0.371. The molecule has 0 spiro atoms. The Morgan fingerprint density at radius 1 is 1.03 bits per heavy atom. The van der Waals surface area contributed by atoms with Crippen LogP contribution in [0.25, 0.3) is 0 Å². The normalized spacial score (nSPS) is 14.2. The first kappa shape index (κ1) is 24.1. The van der Waals surface area contributed by atoms with E-state index in [0.717, 1.165) is 59.7 Å². The molecule has 178 valence electrons. The molecule has 0 saturated carbocycles. The van der Waals surface area contributed by atoms with E-state index in [1.807, 2.05) is 42.5 Å². The number of anilines is 1. The lowest BCUT2D eigenvalue weighted by Gasteiger charge is -2.33. The second-order valence-electron chi connectivity index (χ2n) is 8.25. The van der Waals surface area contributed by atoms with E-state index in [9.17, 15) is 4.79 Å². The van der Waals surface area contributed by atoms with E-state index < -0.39 is 0 Å². The minimum atomic E-state index is -0.0940. The van der Waals surface area contributed by atoms with E-state index in [-0.39, 0.29) is 5.91 Å². The molecule has 0 aliphatic carbocycles. The Bertz CT molecular complexity index is 1070. The van der Waals surface area contributed by atoms with Gasteiger partial charge in [-0.2, -0.15) is 0 Å². The maximum atomic E-state index is 12.4. The summed E-state index contributed by atoms with van der Waals surface area (Å²) in [5, 5.41) is 3.68. The molecule has 34 heavy (non-hydrogen) atoms. The van der Waals surface area contributed by atoms with E-state index in [4.69, 9.17) is 9.72 Å². The van der Waals surface area contributed by atoms with Crippen molar-refractivity contribution in [2.45, 2.75) is 24.1 Å². The molecule has 0 radical (unpaired) electrons. The topological polar surface area (TPSA) is 83.5 Å². The summed E-state index contributed by atoms with van der Waals surface area (Å²) in [6.45, 7) is 4.89. The number of nitrogens with one attached hydrogen (secondary N) is 1. The molecule has 8 nitrogen and oxygen atoms in total. The lowest BCUT2D eigenvalue weighted by Crippen LogP contribution is -2.44. The largest absolute Gasteiger partial charge is 0.378 e. The number of amides is 1. The highest BCUT2D eigenvalue weighted by Gasteiger charge is 2.17. The number of carbonyl (C=O) groups is 1. The predicted molar refractivity (Wildman–Crippen MR) is 134 cm³/mol. The zero-order valence-electron chi connectivity index (χ0n) is 19.6. The van der Waals surface area contributed by atoms with Crippen LogP contribution in [0.1, 0.15) is 27.2 Å². The molecule has 2 aromatic heterocycles. The van der Waals surface area contributed by atoms with Crippen molar-refractivity contribution in [1.82, 2.24) is 25.2 Å². The third-order valence-corrected chi connectivity index (χ3v) is 6.57. The Morgan fingerprint density at radius 3 is 2.47 bits per heavy atom. The van der Waals surface area contributed by atoms with Crippen molar-refractivity contribution in [3.8, 4) is 0 Å². The van der Waals surface area contributed by atoms with Gasteiger partial charge in [0, 0.05) is 69.6 Å². The minimum absolute atomic E-state index is 0.0940. The highest BCUT2D eigenvalue weighted by Crippen LogP contribution is 2.24. The van der Waals surface area contributed by atoms with Crippen LogP contribution in [0.3, 0.4) is 0 Å². The number of piperazine rings is 1. The van der Waals surface area contributed by atoms with Crippen molar-refractivity contribution >= 4 is 23.5 Å². The SMILES string of the molecule is COCc1cc(N2CCN(C)CC2)nc(SCc2ccc(C(=O)NCc3ccncc3)cc2)n1. The molecule has 1 aliphatic heterocycles. The average molecular weight is 479 g/mol. The molecule has 3 aromatic rings. The molecule has 1 N–H and O–H groups in total. The van der Waals surface area contributed by atoms with E-state index >= 15 is 0 Å². The van der Waals surface area contributed by atoms with Crippen LogP contribution in [0, 0.1) is 0 Å². The zero-order chi connectivity index (χ0) is 23.8. The first-order valence-corrected chi connectivity index (χ1v) is 12.3. The third-order valence-electron chi connectivity index (χ3n) is 5.65. The van der Waals surface area contributed by atoms with Crippen LogP contribution >= 0.6 is 11.8 Å². The lowest BCUT2D eigenvalue weighted by atomic mass is 10.1. The van der Waals surface area contributed by atoms with Crippen LogP contribution in [0.5, 0.6) is 0 Å². The molecule has 1 amide bonds. The van der Waals surface area contributed by atoms with Gasteiger partial charge < -0.3 is 19.9 Å². The van der Waals surface area contributed by atoms with Crippen molar-refractivity contribution in [2.75, 3.05) is 45.2 Å². The molecule has 1 aromatic carbocycles. The van der Waals surface area contributed by atoms with Gasteiger partial charge in [0.1, 0.15) is 5.82 Å². The van der Waals surface area contributed by atoms with Gasteiger partial charge >= 0.3 is 0 Å². The van der Waals surface area contributed by atoms with Crippen molar-refractivity contribution in [3.63, 3.8) is 0 Å². The van der Waals surface area contributed by atoms with Crippen LogP contribution in [0.15, 0.2) is 60.0 Å². The molecule has 1 aliphatic rings. The molecule has 1 fully saturated rings. The first-order chi connectivity index (χ1) is 16.6. The minimum Gasteiger partial charge on any atom is -0.378 e. The van der Waals surface area contributed by atoms with Gasteiger partial charge in [-0.1, -0.05) is 23.9 Å². The van der Waals surface area contributed by atoms with Gasteiger partial charge in [0.05, 0.1) is 12.3 Å². The summed E-state index contributed by atoms with van der Waals surface area (Å²) >= 11 is 1.59. The third kappa shape index (κ3) is 6.75. The molecule has 9 heteroatoms. The van der Waals surface area contributed by atoms with E-state index in [0.29, 0.717) is 18.7 Å². The molecule has 1 saturated heterocycles. The van der Waals surface area contributed by atoms with Gasteiger partial charge in [0.15, 0.2) is 5.16 Å². The maximum absolute atomic E-state index is 12.4. The van der Waals surface area contributed by atoms with E-state index in [2.05, 4.69) is 32.1 Å². The van der Waals surface area contributed by atoms with Gasteiger partial charge in [0.2, 0.25) is 0 Å². The highest BCUT2D eigenvalue weighted by atomic mass is 32.2. The van der Waals surface area contributed by atoms with Crippen molar-refractivity contribution in [2.24, 2.45) is 0 Å². The number of thioether (sulfide) groups is 1. The highest BCUT2D eigenvalue weighted by molar-refractivity contribution is 7.98. The maximum Gasteiger partial charge on any atom is 0.251 e. The Morgan fingerprint density at radius 2 is 1.76 bits per heavy atom. The Kier molecular flexibility index (Phi) is 8.46. The number of likely N-dealkylation sites (N-methyl/N-ethyl adjacent to an activating group) is 1. The lowest BCUT2D eigenvalue weighted by molar-refractivity contribution is 0.0951. The summed E-state index contributed by atoms with van der Waals surface area (Å²) in [6.07, 6.45) is 3.44. The summed E-state index contributed by atoms with van der Waals surface area (Å²) < 4.78 is 5.32. The van der Waals surface area contributed by atoms with Gasteiger partial charge in [-0.3, -0.25) is 9.78 Å². The second kappa shape index (κ2) is 11.9. The molecule has 0 bridgehead atoms. The summed E-state index contributed by atoms with van der Waals surface area (Å²) in [5.41, 5.74) is 3.65. The van der Waals surface area contributed by atoms with Crippen LogP contribution in [0.2, 0.25) is 0 Å². The number of pyridine rings is 1. The molecule has 0 unspecified atom stereocenters. The fraction of sp³-hybridized carbons (Fsp3) is 0.360. The second-order valence-corrected chi connectivity index (χ2v) is 9.19. The van der Waals surface area contributed by atoms with Crippen molar-refractivity contribution in [3.05, 3.63) is 77.2 Å². The van der Waals surface area contributed by atoms with Gasteiger partial charge in [-0.05, 0) is 42.4 Å². The Hall–Kier alpha value is -3.01. The van der Waals surface area contributed by atoms with E-state index in [1.54, 1.807) is 31.3 Å². The summed E-state index contributed by atoms with van der Waals surface area (Å²) in [4.78, 5) is 30.6. The summed E-state index contributed by atoms with van der Waals surface area (Å²) in [7, 11) is 3.82. The van der Waals surface area contributed by atoms with E-state index in [1.165, 1.54) is 0 Å². The summed E-state index contributed by atoms with van der Waals surface area (Å²) in [6, 6.07) is 13.5. The number of benzene rings is 1. The van der Waals surface area contributed by atoms with Crippen molar-refractivity contribution < 1.29 is 9.53 Å². The number of carbonyl (C=O) groups excluding carboxylic acids is 1. The van der Waals surface area contributed by atoms with Crippen molar-refractivity contribution in [1.29, 1.82) is 0 Å². The van der Waals surface area contributed by atoms with Crippen LogP contribution in [-0.4, -0.2) is 66.1 Å². The van der Waals surface area contributed by atoms with Crippen LogP contribution in [0.4, 0.5) is 5.82 Å². The number of rotatable bonds is 9. The number of aromatic nitrogens is 3.